The van der Waals surface area contributed by atoms with Crippen LogP contribution in [0.15, 0.2) is 41.3 Å². The van der Waals surface area contributed by atoms with Crippen LogP contribution < -0.4 is 16.0 Å². The number of benzene rings is 2. The summed E-state index contributed by atoms with van der Waals surface area (Å²) >= 11 is 6.17. The van der Waals surface area contributed by atoms with Crippen molar-refractivity contribution in [2.45, 2.75) is 48.3 Å². The van der Waals surface area contributed by atoms with Gasteiger partial charge in [0.15, 0.2) is 15.6 Å². The normalized spacial score (nSPS) is 21.2. The van der Waals surface area contributed by atoms with Crippen molar-refractivity contribution in [3.8, 4) is 5.75 Å². The fourth-order valence-electron chi connectivity index (χ4n) is 4.39. The van der Waals surface area contributed by atoms with Crippen molar-refractivity contribution < 1.29 is 18.3 Å². The molecular formula is C22H26ClN3O4S. The van der Waals surface area contributed by atoms with Gasteiger partial charge in [-0.2, -0.15) is 0 Å². The Hall–Kier alpha value is -2.29. The lowest BCUT2D eigenvalue weighted by Gasteiger charge is -2.26. The highest BCUT2D eigenvalue weighted by atomic mass is 35.5. The van der Waals surface area contributed by atoms with Gasteiger partial charge in [-0.25, -0.2) is 13.2 Å². The summed E-state index contributed by atoms with van der Waals surface area (Å²) in [6.07, 6.45) is 3.97. The number of nitrogens with one attached hydrogen (secondary N) is 3. The Bertz CT molecular complexity index is 1080. The van der Waals surface area contributed by atoms with Crippen molar-refractivity contribution in [1.29, 1.82) is 0 Å². The zero-order valence-corrected chi connectivity index (χ0v) is 18.6. The molecule has 0 saturated carbocycles. The number of urea groups is 1. The number of carbonyl (C=O) groups excluding carboxylic acids is 1. The Morgan fingerprint density at radius 1 is 1.13 bits per heavy atom. The van der Waals surface area contributed by atoms with Crippen LogP contribution in [0.5, 0.6) is 5.75 Å². The van der Waals surface area contributed by atoms with Crippen molar-refractivity contribution in [1.82, 2.24) is 10.6 Å². The van der Waals surface area contributed by atoms with Gasteiger partial charge in [-0.05, 0) is 61.9 Å². The third kappa shape index (κ3) is 4.51. The quantitative estimate of drug-likeness (QED) is 0.516. The average molecular weight is 464 g/mol. The number of hydrogen-bond donors (Lipinski definition) is 4. The molecule has 7 nitrogen and oxygen atoms in total. The Morgan fingerprint density at radius 2 is 1.94 bits per heavy atom. The van der Waals surface area contributed by atoms with Crippen molar-refractivity contribution >= 4 is 33.2 Å². The van der Waals surface area contributed by atoms with Crippen LogP contribution in [-0.4, -0.2) is 37.9 Å². The minimum atomic E-state index is -3.87. The Balaban J connectivity index is 1.55. The number of fused-ring (bicyclic) bond motifs is 1. The monoisotopic (exact) mass is 463 g/mol. The van der Waals surface area contributed by atoms with E-state index >= 15 is 0 Å². The van der Waals surface area contributed by atoms with E-state index in [1.165, 1.54) is 17.7 Å². The molecule has 2 aromatic carbocycles. The highest BCUT2D eigenvalue weighted by Crippen LogP contribution is 2.39. The van der Waals surface area contributed by atoms with Crippen LogP contribution in [0.2, 0.25) is 5.02 Å². The second-order valence-corrected chi connectivity index (χ2v) is 10.6. The number of anilines is 1. The van der Waals surface area contributed by atoms with E-state index in [1.807, 2.05) is 18.2 Å². The number of sulfone groups is 1. The molecule has 2 amide bonds. The summed E-state index contributed by atoms with van der Waals surface area (Å²) in [5, 5.41) is 18.6. The molecule has 1 aliphatic carbocycles. The summed E-state index contributed by atoms with van der Waals surface area (Å²) in [7, 11) is -3.87. The summed E-state index contributed by atoms with van der Waals surface area (Å²) in [6, 6.07) is 10.1. The standard InChI is InChI=1S/C22H26ClN3O4S/c23-17-10-11-19(20(27)21(17)31(29,30)15-7-4-12-24-13-15)26-22(28)25-18-9-3-6-14-5-1-2-8-16(14)18/h1-2,5,8,10-11,15,18,24,27H,3-4,6-7,9,12-13H2,(H2,25,26,28). The number of halogens is 1. The molecule has 0 aromatic heterocycles. The third-order valence-electron chi connectivity index (χ3n) is 5.98. The van der Waals surface area contributed by atoms with E-state index in [0.29, 0.717) is 13.0 Å². The van der Waals surface area contributed by atoms with Crippen LogP contribution >= 0.6 is 11.6 Å². The summed E-state index contributed by atoms with van der Waals surface area (Å²) < 4.78 is 26.2. The fraction of sp³-hybridized carbons (Fsp3) is 0.409. The zero-order chi connectivity index (χ0) is 22.0. The number of amides is 2. The fourth-order valence-corrected chi connectivity index (χ4v) is 6.73. The first kappa shape index (κ1) is 21.9. The molecule has 1 heterocycles. The number of aromatic hydroxyl groups is 1. The maximum absolute atomic E-state index is 13.1. The Morgan fingerprint density at radius 3 is 2.71 bits per heavy atom. The van der Waals surface area contributed by atoms with Gasteiger partial charge in [0.25, 0.3) is 0 Å². The molecule has 2 unspecified atom stereocenters. The Labute approximate surface area is 187 Å². The second kappa shape index (κ2) is 9.06. The number of piperidine rings is 1. The molecule has 0 radical (unpaired) electrons. The number of aryl methyl sites for hydroxylation is 1. The van der Waals surface area contributed by atoms with Crippen LogP contribution in [0.25, 0.3) is 0 Å². The molecule has 0 bridgehead atoms. The number of carbonyl (C=O) groups is 1. The van der Waals surface area contributed by atoms with Crippen LogP contribution in [-0.2, 0) is 16.3 Å². The molecule has 4 N–H and O–H groups in total. The predicted octanol–water partition coefficient (Wildman–Crippen LogP) is 3.77. The molecule has 166 valence electrons. The molecule has 2 aliphatic rings. The van der Waals surface area contributed by atoms with Crippen molar-refractivity contribution in [2.24, 2.45) is 0 Å². The maximum atomic E-state index is 13.1. The van der Waals surface area contributed by atoms with E-state index < -0.39 is 26.9 Å². The van der Waals surface area contributed by atoms with Gasteiger partial charge < -0.3 is 21.1 Å². The topological polar surface area (TPSA) is 108 Å². The number of phenols is 1. The minimum absolute atomic E-state index is 0.00772. The van der Waals surface area contributed by atoms with Gasteiger partial charge in [0.05, 0.1) is 22.0 Å². The molecule has 2 aromatic rings. The van der Waals surface area contributed by atoms with E-state index in [-0.39, 0.29) is 21.6 Å². The molecular weight excluding hydrogens is 438 g/mol. The smallest absolute Gasteiger partial charge is 0.319 e. The molecule has 1 fully saturated rings. The highest BCUT2D eigenvalue weighted by Gasteiger charge is 2.34. The van der Waals surface area contributed by atoms with E-state index in [4.69, 9.17) is 11.6 Å². The van der Waals surface area contributed by atoms with Crippen LogP contribution in [0.4, 0.5) is 10.5 Å². The first-order valence-electron chi connectivity index (χ1n) is 10.5. The summed E-state index contributed by atoms with van der Waals surface area (Å²) in [5.41, 5.74) is 2.30. The van der Waals surface area contributed by atoms with Gasteiger partial charge >= 0.3 is 6.03 Å². The molecule has 0 spiro atoms. The molecule has 1 aliphatic heterocycles. The van der Waals surface area contributed by atoms with Crippen LogP contribution in [0.3, 0.4) is 0 Å². The lowest BCUT2D eigenvalue weighted by atomic mass is 9.88. The van der Waals surface area contributed by atoms with Crippen molar-refractivity contribution in [3.05, 3.63) is 52.5 Å². The number of phenolic OH excluding ortho intramolecular Hbond substituents is 1. The first-order chi connectivity index (χ1) is 14.9. The molecule has 9 heteroatoms. The third-order valence-corrected chi connectivity index (χ3v) is 8.67. The highest BCUT2D eigenvalue weighted by molar-refractivity contribution is 7.92. The molecule has 4 rings (SSSR count). The predicted molar refractivity (Wildman–Crippen MR) is 120 cm³/mol. The summed E-state index contributed by atoms with van der Waals surface area (Å²) in [4.78, 5) is 12.3. The van der Waals surface area contributed by atoms with Crippen LogP contribution in [0.1, 0.15) is 42.9 Å². The minimum Gasteiger partial charge on any atom is -0.504 e. The van der Waals surface area contributed by atoms with E-state index in [9.17, 15) is 18.3 Å². The van der Waals surface area contributed by atoms with E-state index in [2.05, 4.69) is 22.0 Å². The summed E-state index contributed by atoms with van der Waals surface area (Å²) in [6.45, 7) is 1.06. The molecule has 1 saturated heterocycles. The van der Waals surface area contributed by atoms with Gasteiger partial charge in [0.2, 0.25) is 0 Å². The first-order valence-corrected chi connectivity index (χ1v) is 12.4. The average Bonchev–Trinajstić information content (AvgIpc) is 2.76. The van der Waals surface area contributed by atoms with E-state index in [1.54, 1.807) is 0 Å². The van der Waals surface area contributed by atoms with Gasteiger partial charge in [0.1, 0.15) is 4.90 Å². The van der Waals surface area contributed by atoms with E-state index in [0.717, 1.165) is 37.8 Å². The lowest BCUT2D eigenvalue weighted by molar-refractivity contribution is 0.247. The van der Waals surface area contributed by atoms with Crippen LogP contribution in [0, 0.1) is 0 Å². The maximum Gasteiger partial charge on any atom is 0.319 e. The van der Waals surface area contributed by atoms with Gasteiger partial charge in [-0.15, -0.1) is 0 Å². The lowest BCUT2D eigenvalue weighted by Crippen LogP contribution is -2.39. The Kier molecular flexibility index (Phi) is 6.41. The number of rotatable bonds is 4. The largest absolute Gasteiger partial charge is 0.504 e. The number of hydrogen-bond acceptors (Lipinski definition) is 5. The van der Waals surface area contributed by atoms with Gasteiger partial charge in [0, 0.05) is 6.54 Å². The molecule has 31 heavy (non-hydrogen) atoms. The van der Waals surface area contributed by atoms with Gasteiger partial charge in [-0.1, -0.05) is 35.9 Å². The van der Waals surface area contributed by atoms with Gasteiger partial charge in [-0.3, -0.25) is 0 Å². The molecule has 2 atom stereocenters. The van der Waals surface area contributed by atoms with Crippen molar-refractivity contribution in [3.63, 3.8) is 0 Å². The SMILES string of the molecule is O=C(Nc1ccc(Cl)c(S(=O)(=O)C2CCCNC2)c1O)NC1CCCc2ccccc21. The second-order valence-electron chi connectivity index (χ2n) is 8.03. The van der Waals surface area contributed by atoms with Crippen molar-refractivity contribution in [2.75, 3.05) is 18.4 Å². The zero-order valence-electron chi connectivity index (χ0n) is 17.0. The summed E-state index contributed by atoms with van der Waals surface area (Å²) in [5.74, 6) is -0.530.